The lowest BCUT2D eigenvalue weighted by atomic mass is 10.1. The fraction of sp³-hybridized carbons (Fsp3) is 0.421. The van der Waals surface area contributed by atoms with Gasteiger partial charge < -0.3 is 24.8 Å². The molecule has 6 nitrogen and oxygen atoms in total. The minimum Gasteiger partial charge on any atom is -0.497 e. The highest BCUT2D eigenvalue weighted by molar-refractivity contribution is 7.07. The smallest absolute Gasteiger partial charge is 0.194 e. The third kappa shape index (κ3) is 5.64. The Morgan fingerprint density at radius 3 is 2.50 bits per heavy atom. The number of thiophene rings is 1. The van der Waals surface area contributed by atoms with Gasteiger partial charge in [0, 0.05) is 26.2 Å². The first-order valence-corrected chi connectivity index (χ1v) is 9.43. The summed E-state index contributed by atoms with van der Waals surface area (Å²) in [7, 11) is 5.16. The maximum absolute atomic E-state index is 10.6. The number of aliphatic imine (C=N–C) groups is 1. The molecule has 0 bridgehead atoms. The van der Waals surface area contributed by atoms with Gasteiger partial charge in [-0.15, -0.1) is 0 Å². The summed E-state index contributed by atoms with van der Waals surface area (Å²) >= 11 is 1.68. The SMILES string of the molecule is CCNC(=NCC(O)c1cc(OC)cc(OC)c1)N(C)Cc1ccsc1. The zero-order chi connectivity index (χ0) is 18.9. The van der Waals surface area contributed by atoms with E-state index < -0.39 is 6.10 Å². The predicted molar refractivity (Wildman–Crippen MR) is 106 cm³/mol. The fourth-order valence-corrected chi connectivity index (χ4v) is 3.16. The molecular weight excluding hydrogens is 350 g/mol. The van der Waals surface area contributed by atoms with Crippen LogP contribution >= 0.6 is 11.3 Å². The molecule has 1 atom stereocenters. The van der Waals surface area contributed by atoms with Gasteiger partial charge in [0.2, 0.25) is 0 Å². The number of aliphatic hydroxyl groups excluding tert-OH is 1. The van der Waals surface area contributed by atoms with Gasteiger partial charge in [0.05, 0.1) is 26.9 Å². The molecule has 2 N–H and O–H groups in total. The van der Waals surface area contributed by atoms with E-state index in [1.807, 2.05) is 18.9 Å². The van der Waals surface area contributed by atoms with Gasteiger partial charge in [-0.3, -0.25) is 4.99 Å². The summed E-state index contributed by atoms with van der Waals surface area (Å²) in [5.41, 5.74) is 1.95. The lowest BCUT2D eigenvalue weighted by Gasteiger charge is -2.22. The molecule has 2 aromatic rings. The summed E-state index contributed by atoms with van der Waals surface area (Å²) in [6, 6.07) is 7.47. The van der Waals surface area contributed by atoms with E-state index in [2.05, 4.69) is 27.1 Å². The summed E-state index contributed by atoms with van der Waals surface area (Å²) in [6.45, 7) is 3.79. The van der Waals surface area contributed by atoms with Crippen molar-refractivity contribution in [1.82, 2.24) is 10.2 Å². The molecule has 0 saturated carbocycles. The second-order valence-corrected chi connectivity index (χ2v) is 6.62. The molecule has 0 radical (unpaired) electrons. The molecule has 1 unspecified atom stereocenters. The van der Waals surface area contributed by atoms with Gasteiger partial charge in [0.25, 0.3) is 0 Å². The molecule has 0 aliphatic carbocycles. The Balaban J connectivity index is 2.10. The van der Waals surface area contributed by atoms with E-state index in [0.717, 1.165) is 19.0 Å². The Morgan fingerprint density at radius 1 is 1.27 bits per heavy atom. The number of nitrogens with one attached hydrogen (secondary N) is 1. The van der Waals surface area contributed by atoms with Crippen molar-refractivity contribution in [1.29, 1.82) is 0 Å². The largest absolute Gasteiger partial charge is 0.497 e. The first-order chi connectivity index (χ1) is 12.6. The van der Waals surface area contributed by atoms with Crippen LogP contribution in [0.3, 0.4) is 0 Å². The third-order valence-corrected chi connectivity index (χ3v) is 4.60. The van der Waals surface area contributed by atoms with Crippen molar-refractivity contribution in [2.45, 2.75) is 19.6 Å². The Labute approximate surface area is 159 Å². The van der Waals surface area contributed by atoms with Crippen LogP contribution in [0.4, 0.5) is 0 Å². The number of benzene rings is 1. The van der Waals surface area contributed by atoms with Gasteiger partial charge in [-0.25, -0.2) is 0 Å². The molecule has 1 heterocycles. The first kappa shape index (κ1) is 20.1. The number of hydrogen-bond donors (Lipinski definition) is 2. The number of rotatable bonds is 8. The molecule has 142 valence electrons. The Kier molecular flexibility index (Phi) is 7.74. The number of hydrogen-bond acceptors (Lipinski definition) is 5. The molecule has 7 heteroatoms. The summed E-state index contributed by atoms with van der Waals surface area (Å²) in [5.74, 6) is 2.04. The van der Waals surface area contributed by atoms with E-state index in [1.54, 1.807) is 43.8 Å². The number of methoxy groups -OCH3 is 2. The summed E-state index contributed by atoms with van der Waals surface area (Å²) in [5, 5.41) is 18.0. The predicted octanol–water partition coefficient (Wildman–Crippen LogP) is 2.90. The minimum atomic E-state index is -0.748. The van der Waals surface area contributed by atoms with Gasteiger partial charge in [-0.2, -0.15) is 11.3 Å². The Morgan fingerprint density at radius 2 is 1.96 bits per heavy atom. The zero-order valence-corrected chi connectivity index (χ0v) is 16.5. The van der Waals surface area contributed by atoms with Crippen molar-refractivity contribution in [2.75, 3.05) is 34.4 Å². The molecule has 1 aromatic carbocycles. The molecule has 0 fully saturated rings. The van der Waals surface area contributed by atoms with Crippen molar-refractivity contribution in [2.24, 2.45) is 4.99 Å². The van der Waals surface area contributed by atoms with Crippen LogP contribution in [0.15, 0.2) is 40.0 Å². The number of guanidine groups is 1. The number of aliphatic hydroxyl groups is 1. The fourth-order valence-electron chi connectivity index (χ4n) is 2.50. The van der Waals surface area contributed by atoms with Gasteiger partial charge in [0.1, 0.15) is 11.5 Å². The average Bonchev–Trinajstić information content (AvgIpc) is 3.17. The van der Waals surface area contributed by atoms with E-state index in [0.29, 0.717) is 17.1 Å². The zero-order valence-electron chi connectivity index (χ0n) is 15.7. The molecule has 0 saturated heterocycles. The molecule has 0 aliphatic rings. The number of nitrogens with zero attached hydrogens (tertiary/aromatic N) is 2. The molecule has 0 spiro atoms. The summed E-state index contributed by atoms with van der Waals surface area (Å²) < 4.78 is 10.5. The highest BCUT2D eigenvalue weighted by Crippen LogP contribution is 2.26. The monoisotopic (exact) mass is 377 g/mol. The van der Waals surface area contributed by atoms with Crippen LogP contribution in [0.1, 0.15) is 24.2 Å². The molecule has 1 aromatic heterocycles. The Bertz CT molecular complexity index is 682. The van der Waals surface area contributed by atoms with Crippen LogP contribution < -0.4 is 14.8 Å². The van der Waals surface area contributed by atoms with E-state index in [1.165, 1.54) is 5.56 Å². The lowest BCUT2D eigenvalue weighted by molar-refractivity contribution is 0.185. The highest BCUT2D eigenvalue weighted by atomic mass is 32.1. The van der Waals surface area contributed by atoms with E-state index >= 15 is 0 Å². The summed E-state index contributed by atoms with van der Waals surface area (Å²) in [4.78, 5) is 6.63. The molecule has 0 aliphatic heterocycles. The second-order valence-electron chi connectivity index (χ2n) is 5.84. The van der Waals surface area contributed by atoms with Crippen LogP contribution in [0.5, 0.6) is 11.5 Å². The van der Waals surface area contributed by atoms with Gasteiger partial charge >= 0.3 is 0 Å². The molecule has 2 rings (SSSR count). The number of ether oxygens (including phenoxy) is 2. The molecular formula is C19H27N3O3S. The van der Waals surface area contributed by atoms with Crippen LogP contribution in [-0.4, -0.2) is 50.3 Å². The van der Waals surface area contributed by atoms with Crippen molar-refractivity contribution in [3.63, 3.8) is 0 Å². The van der Waals surface area contributed by atoms with E-state index in [4.69, 9.17) is 9.47 Å². The first-order valence-electron chi connectivity index (χ1n) is 8.49. The van der Waals surface area contributed by atoms with Crippen LogP contribution in [0.2, 0.25) is 0 Å². The van der Waals surface area contributed by atoms with Crippen LogP contribution in [0.25, 0.3) is 0 Å². The standard InChI is InChI=1S/C19H27N3O3S/c1-5-20-19(22(2)12-14-6-7-26-13-14)21-11-18(23)15-8-16(24-3)10-17(9-15)25-4/h6-10,13,18,23H,5,11-12H2,1-4H3,(H,20,21). The van der Waals surface area contributed by atoms with Crippen molar-refractivity contribution < 1.29 is 14.6 Å². The minimum absolute atomic E-state index is 0.243. The highest BCUT2D eigenvalue weighted by Gasteiger charge is 2.13. The maximum Gasteiger partial charge on any atom is 0.194 e. The summed E-state index contributed by atoms with van der Waals surface area (Å²) in [6.07, 6.45) is -0.748. The quantitative estimate of drug-likeness (QED) is 0.547. The van der Waals surface area contributed by atoms with Crippen LogP contribution in [-0.2, 0) is 6.54 Å². The molecule has 0 amide bonds. The van der Waals surface area contributed by atoms with Gasteiger partial charge in [-0.1, -0.05) is 0 Å². The van der Waals surface area contributed by atoms with E-state index in [-0.39, 0.29) is 6.54 Å². The second kappa shape index (κ2) is 10.0. The van der Waals surface area contributed by atoms with Crippen molar-refractivity contribution in [3.8, 4) is 11.5 Å². The third-order valence-electron chi connectivity index (χ3n) is 3.87. The van der Waals surface area contributed by atoms with E-state index in [9.17, 15) is 5.11 Å². The normalized spacial score (nSPS) is 12.6. The topological polar surface area (TPSA) is 66.3 Å². The van der Waals surface area contributed by atoms with Crippen molar-refractivity contribution in [3.05, 3.63) is 46.2 Å². The van der Waals surface area contributed by atoms with Gasteiger partial charge in [-0.05, 0) is 47.0 Å². The van der Waals surface area contributed by atoms with Gasteiger partial charge in [0.15, 0.2) is 5.96 Å². The Hall–Kier alpha value is -2.25. The maximum atomic E-state index is 10.6. The van der Waals surface area contributed by atoms with Crippen molar-refractivity contribution >= 4 is 17.3 Å². The van der Waals surface area contributed by atoms with Crippen LogP contribution in [0, 0.1) is 0 Å². The lowest BCUT2D eigenvalue weighted by Crippen LogP contribution is -2.38. The molecule has 26 heavy (non-hydrogen) atoms. The average molecular weight is 378 g/mol.